The number of hydrogen-bond acceptors (Lipinski definition) is 3. The van der Waals surface area contributed by atoms with Crippen LogP contribution >= 0.6 is 0 Å². The Morgan fingerprint density at radius 1 is 1.33 bits per heavy atom. The summed E-state index contributed by atoms with van der Waals surface area (Å²) in [5.74, 6) is -1.07. The fraction of sp³-hybridized carbons (Fsp3) is 0.200. The maximum Gasteiger partial charge on any atom is 0.269 e. The molecule has 0 saturated heterocycles. The summed E-state index contributed by atoms with van der Waals surface area (Å²) in [6.45, 7) is 1.21. The van der Waals surface area contributed by atoms with Gasteiger partial charge in [-0.05, 0) is 19.1 Å². The van der Waals surface area contributed by atoms with Gasteiger partial charge in [0, 0.05) is 5.56 Å². The summed E-state index contributed by atoms with van der Waals surface area (Å²) >= 11 is 0. The van der Waals surface area contributed by atoms with Crippen LogP contribution in [0.2, 0.25) is 0 Å². The Morgan fingerprint density at radius 2 is 2.07 bits per heavy atom. The van der Waals surface area contributed by atoms with E-state index in [4.69, 9.17) is 5.11 Å². The van der Waals surface area contributed by atoms with Crippen molar-refractivity contribution in [2.24, 2.45) is 0 Å². The third-order valence-corrected chi connectivity index (χ3v) is 1.74. The standard InChI is InChI=1S/C10H12N2O3/c1-7-3-2-4-8(5-7)10(15)12-11-9(14)6-13/h2-5,13H,6H2,1H3,(H,11,14)(H,12,15). The molecule has 0 atom stereocenters. The van der Waals surface area contributed by atoms with Gasteiger partial charge < -0.3 is 5.11 Å². The maximum absolute atomic E-state index is 11.4. The Balaban J connectivity index is 2.58. The second-order valence-electron chi connectivity index (χ2n) is 3.03. The molecule has 1 rings (SSSR count). The van der Waals surface area contributed by atoms with Crippen LogP contribution in [0.25, 0.3) is 0 Å². The van der Waals surface area contributed by atoms with Crippen molar-refractivity contribution in [3.63, 3.8) is 0 Å². The molecule has 5 heteroatoms. The first-order valence-electron chi connectivity index (χ1n) is 4.40. The first-order chi connectivity index (χ1) is 7.13. The van der Waals surface area contributed by atoms with Gasteiger partial charge in [-0.2, -0.15) is 0 Å². The highest BCUT2D eigenvalue weighted by Gasteiger charge is 2.05. The number of hydrogen-bond donors (Lipinski definition) is 3. The SMILES string of the molecule is Cc1cccc(C(=O)NNC(=O)CO)c1. The van der Waals surface area contributed by atoms with E-state index in [2.05, 4.69) is 10.9 Å². The fourth-order valence-electron chi connectivity index (χ4n) is 1.02. The lowest BCUT2D eigenvalue weighted by Crippen LogP contribution is -2.42. The molecular formula is C10H12N2O3. The zero-order valence-corrected chi connectivity index (χ0v) is 8.28. The maximum atomic E-state index is 11.4. The Hall–Kier alpha value is -1.88. The van der Waals surface area contributed by atoms with Gasteiger partial charge in [0.1, 0.15) is 6.61 Å². The van der Waals surface area contributed by atoms with Crippen molar-refractivity contribution in [1.29, 1.82) is 0 Å². The van der Waals surface area contributed by atoms with Gasteiger partial charge in [-0.15, -0.1) is 0 Å². The Bertz CT molecular complexity index is 377. The summed E-state index contributed by atoms with van der Waals surface area (Å²) in [6, 6.07) is 6.94. The Labute approximate surface area is 87.1 Å². The largest absolute Gasteiger partial charge is 0.386 e. The third-order valence-electron chi connectivity index (χ3n) is 1.74. The number of aryl methyl sites for hydroxylation is 1. The second-order valence-corrected chi connectivity index (χ2v) is 3.03. The van der Waals surface area contributed by atoms with Crippen LogP contribution in [-0.4, -0.2) is 23.5 Å². The number of hydrazine groups is 1. The summed E-state index contributed by atoms with van der Waals surface area (Å²) in [5.41, 5.74) is 5.65. The molecule has 0 heterocycles. The average Bonchev–Trinajstić information content (AvgIpc) is 2.25. The Morgan fingerprint density at radius 3 is 2.67 bits per heavy atom. The van der Waals surface area contributed by atoms with Gasteiger partial charge in [-0.3, -0.25) is 20.4 Å². The average molecular weight is 208 g/mol. The molecule has 0 aromatic heterocycles. The number of amides is 2. The molecule has 0 radical (unpaired) electrons. The predicted octanol–water partition coefficient (Wildman–Crippen LogP) is -0.252. The van der Waals surface area contributed by atoms with Crippen LogP contribution in [0.5, 0.6) is 0 Å². The number of nitrogens with one attached hydrogen (secondary N) is 2. The second kappa shape index (κ2) is 5.11. The lowest BCUT2D eigenvalue weighted by molar-refractivity contribution is -0.124. The third kappa shape index (κ3) is 3.40. The van der Waals surface area contributed by atoms with E-state index in [0.717, 1.165) is 5.56 Å². The van der Waals surface area contributed by atoms with Crippen molar-refractivity contribution in [3.8, 4) is 0 Å². The predicted molar refractivity (Wildman–Crippen MR) is 53.9 cm³/mol. The first kappa shape index (κ1) is 11.2. The molecule has 0 saturated carbocycles. The zero-order chi connectivity index (χ0) is 11.3. The highest BCUT2D eigenvalue weighted by atomic mass is 16.3. The van der Waals surface area contributed by atoms with E-state index in [1.807, 2.05) is 13.0 Å². The molecule has 3 N–H and O–H groups in total. The number of aliphatic hydroxyl groups is 1. The van der Waals surface area contributed by atoms with E-state index in [-0.39, 0.29) is 0 Å². The van der Waals surface area contributed by atoms with Crippen molar-refractivity contribution in [2.45, 2.75) is 6.92 Å². The molecule has 0 spiro atoms. The highest BCUT2D eigenvalue weighted by Crippen LogP contribution is 2.02. The lowest BCUT2D eigenvalue weighted by atomic mass is 10.1. The molecule has 5 nitrogen and oxygen atoms in total. The van der Waals surface area contributed by atoms with E-state index >= 15 is 0 Å². The smallest absolute Gasteiger partial charge is 0.269 e. The van der Waals surface area contributed by atoms with Crippen molar-refractivity contribution in [1.82, 2.24) is 10.9 Å². The van der Waals surface area contributed by atoms with Crippen molar-refractivity contribution in [2.75, 3.05) is 6.61 Å². The number of carbonyl (C=O) groups is 2. The topological polar surface area (TPSA) is 78.4 Å². The molecular weight excluding hydrogens is 196 g/mol. The Kier molecular flexibility index (Phi) is 3.82. The molecule has 0 aliphatic rings. The molecule has 0 bridgehead atoms. The summed E-state index contributed by atoms with van der Waals surface area (Å²) in [4.78, 5) is 22.0. The van der Waals surface area contributed by atoms with E-state index in [0.29, 0.717) is 5.56 Å². The number of rotatable bonds is 2. The van der Waals surface area contributed by atoms with E-state index < -0.39 is 18.4 Å². The minimum absolute atomic E-state index is 0.416. The molecule has 0 aliphatic heterocycles. The number of carbonyl (C=O) groups excluding carboxylic acids is 2. The minimum Gasteiger partial charge on any atom is -0.386 e. The van der Waals surface area contributed by atoms with Crippen molar-refractivity contribution < 1.29 is 14.7 Å². The number of benzene rings is 1. The molecule has 15 heavy (non-hydrogen) atoms. The molecule has 0 fully saturated rings. The normalized spacial score (nSPS) is 9.47. The van der Waals surface area contributed by atoms with Crippen LogP contribution in [0.4, 0.5) is 0 Å². The number of aliphatic hydroxyl groups excluding tert-OH is 1. The van der Waals surface area contributed by atoms with Gasteiger partial charge in [-0.25, -0.2) is 0 Å². The minimum atomic E-state index is -0.659. The first-order valence-corrected chi connectivity index (χ1v) is 4.40. The van der Waals surface area contributed by atoms with Crippen molar-refractivity contribution in [3.05, 3.63) is 35.4 Å². The van der Waals surface area contributed by atoms with Gasteiger partial charge in [-0.1, -0.05) is 17.7 Å². The lowest BCUT2D eigenvalue weighted by Gasteiger charge is -2.05. The van der Waals surface area contributed by atoms with Gasteiger partial charge >= 0.3 is 0 Å². The monoisotopic (exact) mass is 208 g/mol. The zero-order valence-electron chi connectivity index (χ0n) is 8.28. The summed E-state index contributed by atoms with van der Waals surface area (Å²) < 4.78 is 0. The van der Waals surface area contributed by atoms with Gasteiger partial charge in [0.25, 0.3) is 11.8 Å². The molecule has 1 aromatic rings. The van der Waals surface area contributed by atoms with Crippen LogP contribution in [0, 0.1) is 6.92 Å². The van der Waals surface area contributed by atoms with Crippen LogP contribution in [-0.2, 0) is 4.79 Å². The molecule has 0 unspecified atom stereocenters. The van der Waals surface area contributed by atoms with Crippen LogP contribution in [0.15, 0.2) is 24.3 Å². The summed E-state index contributed by atoms with van der Waals surface area (Å²) in [7, 11) is 0. The van der Waals surface area contributed by atoms with Gasteiger partial charge in [0.05, 0.1) is 0 Å². The molecule has 0 aliphatic carbocycles. The van der Waals surface area contributed by atoms with Crippen LogP contribution in [0.3, 0.4) is 0 Å². The molecule has 1 aromatic carbocycles. The van der Waals surface area contributed by atoms with Gasteiger partial charge in [0.2, 0.25) is 0 Å². The van der Waals surface area contributed by atoms with Crippen molar-refractivity contribution >= 4 is 11.8 Å². The summed E-state index contributed by atoms with van der Waals surface area (Å²) in [5, 5.41) is 8.40. The highest BCUT2D eigenvalue weighted by molar-refractivity contribution is 5.95. The summed E-state index contributed by atoms with van der Waals surface area (Å²) in [6.07, 6.45) is 0. The van der Waals surface area contributed by atoms with Crippen LogP contribution in [0.1, 0.15) is 15.9 Å². The quantitative estimate of drug-likeness (QED) is 0.586. The molecule has 2 amide bonds. The van der Waals surface area contributed by atoms with E-state index in [9.17, 15) is 9.59 Å². The van der Waals surface area contributed by atoms with Crippen LogP contribution < -0.4 is 10.9 Å². The fourth-order valence-corrected chi connectivity index (χ4v) is 1.02. The van der Waals surface area contributed by atoms with E-state index in [1.165, 1.54) is 0 Å². The van der Waals surface area contributed by atoms with E-state index in [1.54, 1.807) is 18.2 Å². The molecule has 80 valence electrons. The van der Waals surface area contributed by atoms with Gasteiger partial charge in [0.15, 0.2) is 0 Å².